The molecule has 0 saturated carbocycles. The van der Waals surface area contributed by atoms with E-state index in [1.807, 2.05) is 19.1 Å². The van der Waals surface area contributed by atoms with Crippen LogP contribution in [0, 0.1) is 17.2 Å². The SMILES string of the molecule is CCc1ccccc1NC(=O)[C@H]1C(=O)N(C)C[C@@H]1/C(C=N)=C(/N(C)C)C(F)(F)F. The van der Waals surface area contributed by atoms with Crippen molar-refractivity contribution in [3.63, 3.8) is 0 Å². The topological polar surface area (TPSA) is 76.5 Å². The highest BCUT2D eigenvalue weighted by atomic mass is 19.4. The molecule has 1 heterocycles. The number of hydrogen-bond donors (Lipinski definition) is 2. The summed E-state index contributed by atoms with van der Waals surface area (Å²) < 4.78 is 40.9. The van der Waals surface area contributed by atoms with Crippen molar-refractivity contribution in [2.45, 2.75) is 19.5 Å². The molecule has 2 atom stereocenters. The van der Waals surface area contributed by atoms with Crippen LogP contribution >= 0.6 is 0 Å². The van der Waals surface area contributed by atoms with Crippen molar-refractivity contribution in [2.75, 3.05) is 33.0 Å². The Morgan fingerprint density at radius 3 is 2.48 bits per heavy atom. The molecule has 9 heteroatoms. The first-order valence-electron chi connectivity index (χ1n) is 9.15. The largest absolute Gasteiger partial charge is 0.431 e. The lowest BCUT2D eigenvalue weighted by Gasteiger charge is -2.26. The second-order valence-electron chi connectivity index (χ2n) is 7.14. The van der Waals surface area contributed by atoms with Gasteiger partial charge in [0.2, 0.25) is 11.8 Å². The summed E-state index contributed by atoms with van der Waals surface area (Å²) in [4.78, 5) is 27.7. The molecule has 158 valence electrons. The molecule has 0 radical (unpaired) electrons. The van der Waals surface area contributed by atoms with Gasteiger partial charge in [-0.15, -0.1) is 0 Å². The molecule has 1 aliphatic heterocycles. The van der Waals surface area contributed by atoms with Crippen LogP contribution in [0.2, 0.25) is 0 Å². The Bertz CT molecular complexity index is 833. The lowest BCUT2D eigenvalue weighted by molar-refractivity contribution is -0.135. The first-order valence-corrected chi connectivity index (χ1v) is 9.15. The summed E-state index contributed by atoms with van der Waals surface area (Å²) in [5.41, 5.74) is -0.0510. The highest BCUT2D eigenvalue weighted by molar-refractivity contribution is 6.09. The molecule has 2 rings (SSSR count). The Labute approximate surface area is 167 Å². The fraction of sp³-hybridized carbons (Fsp3) is 0.450. The summed E-state index contributed by atoms with van der Waals surface area (Å²) in [6.07, 6.45) is -3.49. The lowest BCUT2D eigenvalue weighted by atomic mass is 9.86. The number of nitrogens with one attached hydrogen (secondary N) is 2. The van der Waals surface area contributed by atoms with Crippen LogP contribution in [0.1, 0.15) is 12.5 Å². The molecule has 0 bridgehead atoms. The van der Waals surface area contributed by atoms with Crippen molar-refractivity contribution >= 4 is 23.7 Å². The second kappa shape index (κ2) is 8.67. The van der Waals surface area contributed by atoms with Crippen LogP contribution in [0.4, 0.5) is 18.9 Å². The van der Waals surface area contributed by atoms with Crippen LogP contribution in [0.15, 0.2) is 35.5 Å². The van der Waals surface area contributed by atoms with E-state index in [9.17, 15) is 22.8 Å². The summed E-state index contributed by atoms with van der Waals surface area (Å²) in [5.74, 6) is -3.68. The Morgan fingerprint density at radius 2 is 1.97 bits per heavy atom. The van der Waals surface area contributed by atoms with Gasteiger partial charge in [-0.1, -0.05) is 25.1 Å². The van der Waals surface area contributed by atoms with Crippen LogP contribution in [0.3, 0.4) is 0 Å². The fourth-order valence-corrected chi connectivity index (χ4v) is 3.66. The molecule has 0 aliphatic carbocycles. The van der Waals surface area contributed by atoms with Crippen molar-refractivity contribution in [1.82, 2.24) is 9.80 Å². The summed E-state index contributed by atoms with van der Waals surface area (Å²) in [5, 5.41) is 10.3. The Hall–Kier alpha value is -2.84. The molecule has 2 N–H and O–H groups in total. The number of rotatable bonds is 6. The van der Waals surface area contributed by atoms with E-state index >= 15 is 0 Å². The van der Waals surface area contributed by atoms with Crippen molar-refractivity contribution in [1.29, 1.82) is 5.41 Å². The van der Waals surface area contributed by atoms with E-state index in [0.717, 1.165) is 10.5 Å². The van der Waals surface area contributed by atoms with E-state index in [0.29, 0.717) is 18.3 Å². The average molecular weight is 410 g/mol. The lowest BCUT2D eigenvalue weighted by Crippen LogP contribution is -2.36. The van der Waals surface area contributed by atoms with Gasteiger partial charge in [0.15, 0.2) is 0 Å². The normalized spacial score (nSPS) is 20.4. The zero-order valence-electron chi connectivity index (χ0n) is 16.8. The standard InChI is InChI=1S/C20H25F3N4O2/c1-5-12-8-6-7-9-15(12)25-18(28)16-14(11-27(4)19(16)29)13(10-24)17(26(2)3)20(21,22)23/h6-10,14,16,24H,5,11H2,1-4H3,(H,25,28)/b17-13+,24-10?/t14-,16+/m1/s1. The van der Waals surface area contributed by atoms with Gasteiger partial charge < -0.3 is 20.5 Å². The third-order valence-electron chi connectivity index (χ3n) is 5.00. The van der Waals surface area contributed by atoms with Gasteiger partial charge in [-0.3, -0.25) is 9.59 Å². The van der Waals surface area contributed by atoms with E-state index in [4.69, 9.17) is 5.41 Å². The second-order valence-corrected chi connectivity index (χ2v) is 7.14. The number of aryl methyl sites for hydroxylation is 1. The molecule has 1 saturated heterocycles. The highest BCUT2D eigenvalue weighted by Crippen LogP contribution is 2.37. The minimum absolute atomic E-state index is 0.0789. The summed E-state index contributed by atoms with van der Waals surface area (Å²) >= 11 is 0. The molecule has 1 aliphatic rings. The van der Waals surface area contributed by atoms with E-state index < -0.39 is 35.5 Å². The quantitative estimate of drug-likeness (QED) is 0.559. The van der Waals surface area contributed by atoms with Crippen LogP contribution in [-0.4, -0.2) is 61.7 Å². The number of carbonyl (C=O) groups excluding carboxylic acids is 2. The predicted octanol–water partition coefficient (Wildman–Crippen LogP) is 2.92. The Morgan fingerprint density at radius 1 is 1.34 bits per heavy atom. The maximum atomic E-state index is 13.6. The van der Waals surface area contributed by atoms with Gasteiger partial charge in [-0.05, 0) is 18.1 Å². The molecular formula is C20H25F3N4O2. The molecule has 0 spiro atoms. The number of likely N-dealkylation sites (tertiary alicyclic amines) is 1. The maximum absolute atomic E-state index is 13.6. The van der Waals surface area contributed by atoms with Gasteiger partial charge in [0, 0.05) is 51.1 Å². The number of nitrogens with zero attached hydrogens (tertiary/aromatic N) is 2. The predicted molar refractivity (Wildman–Crippen MR) is 105 cm³/mol. The van der Waals surface area contributed by atoms with Crippen LogP contribution in [0.25, 0.3) is 0 Å². The molecule has 1 aromatic carbocycles. The number of carbonyl (C=O) groups is 2. The molecule has 0 aromatic heterocycles. The monoisotopic (exact) mass is 410 g/mol. The summed E-state index contributed by atoms with van der Waals surface area (Å²) in [6, 6.07) is 7.05. The van der Waals surface area contributed by atoms with Gasteiger partial charge >= 0.3 is 6.18 Å². The van der Waals surface area contributed by atoms with E-state index in [-0.39, 0.29) is 12.1 Å². The number of benzene rings is 1. The molecule has 29 heavy (non-hydrogen) atoms. The average Bonchev–Trinajstić information content (AvgIpc) is 2.93. The fourth-order valence-electron chi connectivity index (χ4n) is 3.66. The van der Waals surface area contributed by atoms with Crippen molar-refractivity contribution in [2.24, 2.45) is 11.8 Å². The van der Waals surface area contributed by atoms with E-state index in [2.05, 4.69) is 5.32 Å². The maximum Gasteiger partial charge on any atom is 0.431 e. The zero-order chi connectivity index (χ0) is 21.9. The van der Waals surface area contributed by atoms with Gasteiger partial charge in [-0.2, -0.15) is 13.2 Å². The molecule has 0 unspecified atom stereocenters. The van der Waals surface area contributed by atoms with E-state index in [1.165, 1.54) is 26.0 Å². The Kier molecular flexibility index (Phi) is 6.71. The van der Waals surface area contributed by atoms with Gasteiger partial charge in [-0.25, -0.2) is 0 Å². The minimum Gasteiger partial charge on any atom is -0.373 e. The number of hydrogen-bond acceptors (Lipinski definition) is 4. The van der Waals surface area contributed by atoms with E-state index in [1.54, 1.807) is 12.1 Å². The van der Waals surface area contributed by atoms with Gasteiger partial charge in [0.25, 0.3) is 0 Å². The van der Waals surface area contributed by atoms with Crippen LogP contribution in [0.5, 0.6) is 0 Å². The summed E-state index contributed by atoms with van der Waals surface area (Å²) in [7, 11) is 3.88. The molecule has 6 nitrogen and oxygen atoms in total. The molecule has 1 fully saturated rings. The third kappa shape index (κ3) is 4.60. The molecular weight excluding hydrogens is 385 g/mol. The molecule has 1 aromatic rings. The summed E-state index contributed by atoms with van der Waals surface area (Å²) in [6.45, 7) is 1.83. The third-order valence-corrected chi connectivity index (χ3v) is 5.00. The van der Waals surface area contributed by atoms with Crippen LogP contribution < -0.4 is 5.32 Å². The smallest absolute Gasteiger partial charge is 0.373 e. The molecule has 2 amide bonds. The zero-order valence-corrected chi connectivity index (χ0v) is 16.8. The van der Waals surface area contributed by atoms with Gasteiger partial charge in [0.05, 0.1) is 0 Å². The number of amides is 2. The van der Waals surface area contributed by atoms with Crippen LogP contribution in [-0.2, 0) is 16.0 Å². The first kappa shape index (κ1) is 22.4. The Balaban J connectivity index is 2.49. The highest BCUT2D eigenvalue weighted by Gasteiger charge is 2.48. The number of alkyl halides is 3. The first-order chi connectivity index (χ1) is 13.5. The number of allylic oxidation sites excluding steroid dienone is 1. The number of para-hydroxylation sites is 1. The van der Waals surface area contributed by atoms with Gasteiger partial charge in [0.1, 0.15) is 11.6 Å². The van der Waals surface area contributed by atoms with Crippen molar-refractivity contribution < 1.29 is 22.8 Å². The van der Waals surface area contributed by atoms with Crippen molar-refractivity contribution in [3.05, 3.63) is 41.1 Å². The van der Waals surface area contributed by atoms with Crippen molar-refractivity contribution in [3.8, 4) is 0 Å². The number of anilines is 1. The minimum atomic E-state index is -4.73. The number of halogens is 3.